The molecule has 1 amide bonds. The zero-order valence-corrected chi connectivity index (χ0v) is 15.3. The van der Waals surface area contributed by atoms with Crippen molar-refractivity contribution < 1.29 is 14.3 Å². The normalized spacial score (nSPS) is 32.5. The van der Waals surface area contributed by atoms with Gasteiger partial charge in [0.15, 0.2) is 11.5 Å². The predicted molar refractivity (Wildman–Crippen MR) is 96.9 cm³/mol. The molecular formula is C21H29NO3. The van der Waals surface area contributed by atoms with Gasteiger partial charge in [-0.15, -0.1) is 0 Å². The minimum atomic E-state index is -0.0493. The molecule has 0 aliphatic heterocycles. The average Bonchev–Trinajstić information content (AvgIpc) is 2.60. The van der Waals surface area contributed by atoms with E-state index in [4.69, 9.17) is 9.47 Å². The molecule has 4 heteroatoms. The number of carbonyl (C=O) groups excluding carboxylic acids is 1. The zero-order chi connectivity index (χ0) is 17.4. The summed E-state index contributed by atoms with van der Waals surface area (Å²) in [5.74, 6) is 4.22. The van der Waals surface area contributed by atoms with E-state index < -0.39 is 0 Å². The molecule has 4 fully saturated rings. The Morgan fingerprint density at radius 2 is 1.64 bits per heavy atom. The summed E-state index contributed by atoms with van der Waals surface area (Å²) in [5.41, 5.74) is 1.11. The second-order valence-electron chi connectivity index (χ2n) is 8.39. The first kappa shape index (κ1) is 16.7. The highest BCUT2D eigenvalue weighted by Crippen LogP contribution is 2.60. The van der Waals surface area contributed by atoms with Crippen LogP contribution in [0.1, 0.15) is 44.1 Å². The summed E-state index contributed by atoms with van der Waals surface area (Å²) in [4.78, 5) is 13.0. The first-order valence-electron chi connectivity index (χ1n) is 9.61. The van der Waals surface area contributed by atoms with E-state index in [1.165, 1.54) is 19.3 Å². The molecule has 0 saturated heterocycles. The summed E-state index contributed by atoms with van der Waals surface area (Å²) >= 11 is 0. The quantitative estimate of drug-likeness (QED) is 0.859. The van der Waals surface area contributed by atoms with Gasteiger partial charge >= 0.3 is 0 Å². The third kappa shape index (κ3) is 3.11. The van der Waals surface area contributed by atoms with Gasteiger partial charge in [-0.1, -0.05) is 6.07 Å². The highest BCUT2D eigenvalue weighted by Gasteiger charge is 2.54. The first-order valence-corrected chi connectivity index (χ1v) is 9.61. The number of rotatable bonds is 6. The maximum atomic E-state index is 13.0. The number of hydrogen-bond donors (Lipinski definition) is 1. The number of carbonyl (C=O) groups is 1. The highest BCUT2D eigenvalue weighted by molar-refractivity contribution is 5.83. The van der Waals surface area contributed by atoms with Crippen molar-refractivity contribution in [2.75, 3.05) is 20.8 Å². The smallest absolute Gasteiger partial charge is 0.226 e. The van der Waals surface area contributed by atoms with E-state index in [2.05, 4.69) is 5.32 Å². The molecule has 1 N–H and O–H groups in total. The van der Waals surface area contributed by atoms with Crippen LogP contribution in [0.2, 0.25) is 0 Å². The lowest BCUT2D eigenvalue weighted by molar-refractivity contribution is -0.146. The highest BCUT2D eigenvalue weighted by atomic mass is 16.5. The van der Waals surface area contributed by atoms with Gasteiger partial charge in [-0.05, 0) is 80.4 Å². The van der Waals surface area contributed by atoms with Crippen LogP contribution in [0.25, 0.3) is 0 Å². The SMILES string of the molecule is COc1ccc(CCNC(=O)C23CC4CC(CC(C4)C2)C3)cc1OC. The molecule has 4 nitrogen and oxygen atoms in total. The summed E-state index contributed by atoms with van der Waals surface area (Å²) in [6, 6.07) is 5.96. The van der Waals surface area contributed by atoms with E-state index >= 15 is 0 Å². The monoisotopic (exact) mass is 343 g/mol. The zero-order valence-electron chi connectivity index (χ0n) is 15.3. The molecule has 4 aliphatic rings. The summed E-state index contributed by atoms with van der Waals surface area (Å²) in [5, 5.41) is 3.24. The Kier molecular flexibility index (Phi) is 4.38. The molecule has 0 spiro atoms. The largest absolute Gasteiger partial charge is 0.493 e. The molecule has 0 aromatic heterocycles. The van der Waals surface area contributed by atoms with Crippen LogP contribution in [0.3, 0.4) is 0 Å². The van der Waals surface area contributed by atoms with Gasteiger partial charge in [-0.2, -0.15) is 0 Å². The number of hydrogen-bond acceptors (Lipinski definition) is 3. The van der Waals surface area contributed by atoms with Crippen LogP contribution in [0.4, 0.5) is 0 Å². The van der Waals surface area contributed by atoms with Crippen molar-refractivity contribution in [2.24, 2.45) is 23.2 Å². The Balaban J connectivity index is 1.35. The molecule has 0 radical (unpaired) electrons. The van der Waals surface area contributed by atoms with Gasteiger partial charge in [-0.3, -0.25) is 4.79 Å². The Labute approximate surface area is 150 Å². The van der Waals surface area contributed by atoms with Crippen molar-refractivity contribution in [3.05, 3.63) is 23.8 Å². The van der Waals surface area contributed by atoms with Crippen molar-refractivity contribution in [3.63, 3.8) is 0 Å². The van der Waals surface area contributed by atoms with Crippen LogP contribution >= 0.6 is 0 Å². The predicted octanol–water partition coefficient (Wildman–Crippen LogP) is 3.58. The van der Waals surface area contributed by atoms with Crippen molar-refractivity contribution in [1.29, 1.82) is 0 Å². The van der Waals surface area contributed by atoms with Crippen molar-refractivity contribution in [1.82, 2.24) is 5.32 Å². The van der Waals surface area contributed by atoms with E-state index in [1.807, 2.05) is 18.2 Å². The Morgan fingerprint density at radius 3 is 2.20 bits per heavy atom. The van der Waals surface area contributed by atoms with Crippen LogP contribution in [-0.2, 0) is 11.2 Å². The molecule has 4 saturated carbocycles. The van der Waals surface area contributed by atoms with E-state index in [-0.39, 0.29) is 5.41 Å². The van der Waals surface area contributed by atoms with Crippen LogP contribution in [-0.4, -0.2) is 26.7 Å². The molecule has 4 bridgehead atoms. The van der Waals surface area contributed by atoms with E-state index in [0.717, 1.165) is 60.5 Å². The van der Waals surface area contributed by atoms with Crippen molar-refractivity contribution in [3.8, 4) is 11.5 Å². The van der Waals surface area contributed by atoms with Crippen molar-refractivity contribution >= 4 is 5.91 Å². The van der Waals surface area contributed by atoms with Gasteiger partial charge in [0.25, 0.3) is 0 Å². The molecule has 25 heavy (non-hydrogen) atoms. The summed E-state index contributed by atoms with van der Waals surface area (Å²) in [6.45, 7) is 0.691. The van der Waals surface area contributed by atoms with Gasteiger partial charge in [0.2, 0.25) is 5.91 Å². The Hall–Kier alpha value is -1.71. The molecule has 4 aliphatic carbocycles. The van der Waals surface area contributed by atoms with E-state index in [1.54, 1.807) is 14.2 Å². The Morgan fingerprint density at radius 1 is 1.04 bits per heavy atom. The topological polar surface area (TPSA) is 47.6 Å². The minimum Gasteiger partial charge on any atom is -0.493 e. The van der Waals surface area contributed by atoms with Crippen LogP contribution in [0.5, 0.6) is 11.5 Å². The van der Waals surface area contributed by atoms with Gasteiger partial charge in [0, 0.05) is 12.0 Å². The molecule has 0 unspecified atom stereocenters. The fourth-order valence-electron chi connectivity index (χ4n) is 5.93. The fraction of sp³-hybridized carbons (Fsp3) is 0.667. The number of amides is 1. The van der Waals surface area contributed by atoms with Crippen LogP contribution < -0.4 is 14.8 Å². The standard InChI is InChI=1S/C21H29NO3/c1-24-18-4-3-14(10-19(18)25-2)5-6-22-20(23)21-11-15-7-16(12-21)9-17(8-15)13-21/h3-4,10,15-17H,5-9,11-13H2,1-2H3,(H,22,23). The summed E-state index contributed by atoms with van der Waals surface area (Å²) in [7, 11) is 3.29. The van der Waals surface area contributed by atoms with Crippen molar-refractivity contribution in [2.45, 2.75) is 44.9 Å². The number of nitrogens with one attached hydrogen (secondary N) is 1. The Bertz CT molecular complexity index is 619. The maximum absolute atomic E-state index is 13.0. The minimum absolute atomic E-state index is 0.0493. The second-order valence-corrected chi connectivity index (χ2v) is 8.39. The lowest BCUT2D eigenvalue weighted by Crippen LogP contribution is -2.53. The lowest BCUT2D eigenvalue weighted by Gasteiger charge is -2.55. The molecule has 0 heterocycles. The van der Waals surface area contributed by atoms with Crippen LogP contribution in [0.15, 0.2) is 18.2 Å². The summed E-state index contributed by atoms with van der Waals surface area (Å²) < 4.78 is 10.6. The van der Waals surface area contributed by atoms with Gasteiger partial charge in [0.05, 0.1) is 14.2 Å². The molecule has 1 aromatic rings. The first-order chi connectivity index (χ1) is 12.1. The van der Waals surface area contributed by atoms with Crippen LogP contribution in [0, 0.1) is 23.2 Å². The third-order valence-corrected chi connectivity index (χ3v) is 6.67. The third-order valence-electron chi connectivity index (χ3n) is 6.67. The summed E-state index contributed by atoms with van der Waals surface area (Å²) in [6.07, 6.45) is 8.32. The van der Waals surface area contributed by atoms with E-state index in [9.17, 15) is 4.79 Å². The van der Waals surface area contributed by atoms with E-state index in [0.29, 0.717) is 12.5 Å². The van der Waals surface area contributed by atoms with Gasteiger partial charge in [-0.25, -0.2) is 0 Å². The van der Waals surface area contributed by atoms with Gasteiger partial charge in [0.1, 0.15) is 0 Å². The molecule has 136 valence electrons. The fourth-order valence-corrected chi connectivity index (χ4v) is 5.93. The number of ether oxygens (including phenoxy) is 2. The maximum Gasteiger partial charge on any atom is 0.226 e. The lowest BCUT2D eigenvalue weighted by atomic mass is 9.49. The molecule has 1 aromatic carbocycles. The molecule has 5 rings (SSSR count). The number of benzene rings is 1. The second kappa shape index (κ2) is 6.54. The number of methoxy groups -OCH3 is 2. The molecular weight excluding hydrogens is 314 g/mol. The average molecular weight is 343 g/mol. The molecule has 0 atom stereocenters. The van der Waals surface area contributed by atoms with Gasteiger partial charge < -0.3 is 14.8 Å².